The molecule has 0 saturated carbocycles. The second kappa shape index (κ2) is 10.7. The fourth-order valence-electron chi connectivity index (χ4n) is 3.48. The third-order valence-corrected chi connectivity index (χ3v) is 5.23. The van der Waals surface area contributed by atoms with E-state index in [-0.39, 0.29) is 18.3 Å². The van der Waals surface area contributed by atoms with Crippen molar-refractivity contribution in [1.82, 2.24) is 9.78 Å². The van der Waals surface area contributed by atoms with Crippen LogP contribution in [0.3, 0.4) is 0 Å². The molecule has 34 heavy (non-hydrogen) atoms. The molecule has 0 bridgehead atoms. The number of carbonyl (C=O) groups excluding carboxylic acids is 1. The molecule has 0 unspecified atom stereocenters. The van der Waals surface area contributed by atoms with E-state index in [1.807, 2.05) is 50.2 Å². The Hall–Kier alpha value is -4.13. The number of hydrogen-bond donors (Lipinski definition) is 1. The van der Waals surface area contributed by atoms with Crippen molar-refractivity contribution < 1.29 is 18.7 Å². The number of anilines is 1. The van der Waals surface area contributed by atoms with Crippen molar-refractivity contribution in [3.8, 4) is 11.5 Å². The lowest BCUT2D eigenvalue weighted by molar-refractivity contribution is 0.102. The molecule has 1 heterocycles. The van der Waals surface area contributed by atoms with Crippen LogP contribution < -0.4 is 14.8 Å². The minimum Gasteiger partial charge on any atom is -0.494 e. The normalized spacial score (nSPS) is 10.7. The summed E-state index contributed by atoms with van der Waals surface area (Å²) in [7, 11) is 0. The van der Waals surface area contributed by atoms with Crippen LogP contribution >= 0.6 is 0 Å². The first-order valence-corrected chi connectivity index (χ1v) is 11.1. The first-order chi connectivity index (χ1) is 16.5. The maximum atomic E-state index is 14.0. The van der Waals surface area contributed by atoms with Crippen molar-refractivity contribution in [2.45, 2.75) is 27.0 Å². The number of hydrogen-bond acceptors (Lipinski definition) is 4. The van der Waals surface area contributed by atoms with Crippen LogP contribution in [-0.2, 0) is 13.2 Å². The Bertz CT molecular complexity index is 1270. The van der Waals surface area contributed by atoms with Gasteiger partial charge >= 0.3 is 0 Å². The molecule has 0 fully saturated rings. The van der Waals surface area contributed by atoms with Gasteiger partial charge in [-0.25, -0.2) is 4.39 Å². The molecule has 1 aromatic heterocycles. The molecule has 6 nitrogen and oxygen atoms in total. The molecule has 0 aliphatic rings. The van der Waals surface area contributed by atoms with Crippen LogP contribution in [0, 0.1) is 12.7 Å². The van der Waals surface area contributed by atoms with Crippen molar-refractivity contribution in [3.63, 3.8) is 0 Å². The number of aromatic nitrogens is 2. The molecular formula is C27H26FN3O3. The smallest absolute Gasteiger partial charge is 0.256 e. The number of nitrogens with zero attached hydrogens (tertiary/aromatic N) is 2. The summed E-state index contributed by atoms with van der Waals surface area (Å²) < 4.78 is 26.9. The Labute approximate surface area is 198 Å². The van der Waals surface area contributed by atoms with E-state index in [0.29, 0.717) is 35.9 Å². The van der Waals surface area contributed by atoms with Gasteiger partial charge in [0.15, 0.2) is 5.82 Å². The number of aryl methyl sites for hydroxylation is 1. The van der Waals surface area contributed by atoms with E-state index in [4.69, 9.17) is 9.47 Å². The van der Waals surface area contributed by atoms with Crippen molar-refractivity contribution in [3.05, 3.63) is 107 Å². The lowest BCUT2D eigenvalue weighted by Gasteiger charge is -2.09. The topological polar surface area (TPSA) is 65.4 Å². The van der Waals surface area contributed by atoms with Gasteiger partial charge in [-0.15, -0.1) is 0 Å². The van der Waals surface area contributed by atoms with Gasteiger partial charge in [-0.1, -0.05) is 30.3 Å². The van der Waals surface area contributed by atoms with Gasteiger partial charge in [-0.3, -0.25) is 9.48 Å². The van der Waals surface area contributed by atoms with Gasteiger partial charge < -0.3 is 14.8 Å². The zero-order chi connectivity index (χ0) is 23.9. The summed E-state index contributed by atoms with van der Waals surface area (Å²) in [6.45, 7) is 5.02. The molecule has 7 heteroatoms. The fraction of sp³-hybridized carbons (Fsp3) is 0.185. The van der Waals surface area contributed by atoms with Crippen LogP contribution in [0.25, 0.3) is 0 Å². The van der Waals surface area contributed by atoms with Crippen LogP contribution in [-0.4, -0.2) is 22.3 Å². The average Bonchev–Trinajstić information content (AvgIpc) is 3.18. The van der Waals surface area contributed by atoms with Crippen LogP contribution in [0.5, 0.6) is 11.5 Å². The summed E-state index contributed by atoms with van der Waals surface area (Å²) in [5.41, 5.74) is 2.71. The Morgan fingerprint density at radius 1 is 0.971 bits per heavy atom. The Morgan fingerprint density at radius 3 is 2.44 bits per heavy atom. The third kappa shape index (κ3) is 5.81. The monoisotopic (exact) mass is 459 g/mol. The molecule has 1 amide bonds. The maximum absolute atomic E-state index is 14.0. The van der Waals surface area contributed by atoms with Crippen molar-refractivity contribution >= 4 is 11.7 Å². The highest BCUT2D eigenvalue weighted by atomic mass is 19.1. The number of benzene rings is 3. The van der Waals surface area contributed by atoms with Gasteiger partial charge in [0.05, 0.1) is 13.2 Å². The molecule has 4 rings (SSSR count). The second-order valence-electron chi connectivity index (χ2n) is 7.77. The highest BCUT2D eigenvalue weighted by Gasteiger charge is 2.12. The molecule has 0 atom stereocenters. The molecule has 4 aromatic rings. The Kier molecular flexibility index (Phi) is 7.22. The summed E-state index contributed by atoms with van der Waals surface area (Å²) in [5, 5.41) is 7.23. The van der Waals surface area contributed by atoms with Gasteiger partial charge in [0.2, 0.25) is 0 Å². The van der Waals surface area contributed by atoms with E-state index in [9.17, 15) is 9.18 Å². The minimum absolute atomic E-state index is 0.279. The van der Waals surface area contributed by atoms with Gasteiger partial charge in [0.1, 0.15) is 23.9 Å². The summed E-state index contributed by atoms with van der Waals surface area (Å²) in [6, 6.07) is 23.0. The van der Waals surface area contributed by atoms with Crippen molar-refractivity contribution in [2.24, 2.45) is 0 Å². The zero-order valence-electron chi connectivity index (χ0n) is 19.1. The van der Waals surface area contributed by atoms with Crippen molar-refractivity contribution in [2.75, 3.05) is 11.9 Å². The SMILES string of the molecule is CCOc1ccc(OCc2cccc(C(=O)Nc3cc(C)n(Cc4ccccc4F)n3)c2)cc1. The Balaban J connectivity index is 1.38. The summed E-state index contributed by atoms with van der Waals surface area (Å²) in [5.74, 6) is 1.36. The van der Waals surface area contributed by atoms with Crippen LogP contribution in [0.15, 0.2) is 78.9 Å². The number of rotatable bonds is 9. The largest absolute Gasteiger partial charge is 0.494 e. The first-order valence-electron chi connectivity index (χ1n) is 11.1. The molecule has 3 aromatic carbocycles. The zero-order valence-corrected chi connectivity index (χ0v) is 19.1. The maximum Gasteiger partial charge on any atom is 0.256 e. The van der Waals surface area contributed by atoms with Gasteiger partial charge in [-0.2, -0.15) is 5.10 Å². The van der Waals surface area contributed by atoms with Gasteiger partial charge in [0, 0.05) is 22.9 Å². The highest BCUT2D eigenvalue weighted by Crippen LogP contribution is 2.19. The number of ether oxygens (including phenoxy) is 2. The van der Waals surface area contributed by atoms with Gasteiger partial charge in [0.25, 0.3) is 5.91 Å². The van der Waals surface area contributed by atoms with Crippen LogP contribution in [0.1, 0.15) is 34.1 Å². The molecule has 0 spiro atoms. The van der Waals surface area contributed by atoms with E-state index >= 15 is 0 Å². The van der Waals surface area contributed by atoms with Crippen molar-refractivity contribution in [1.29, 1.82) is 0 Å². The number of amides is 1. The van der Waals surface area contributed by atoms with Gasteiger partial charge in [-0.05, 0) is 61.9 Å². The molecular weight excluding hydrogens is 433 g/mol. The molecule has 0 aliphatic carbocycles. The summed E-state index contributed by atoms with van der Waals surface area (Å²) >= 11 is 0. The predicted octanol–water partition coefficient (Wildman–Crippen LogP) is 5.61. The summed E-state index contributed by atoms with van der Waals surface area (Å²) in [4.78, 5) is 12.8. The van der Waals surface area contributed by atoms with E-state index in [1.165, 1.54) is 6.07 Å². The lowest BCUT2D eigenvalue weighted by atomic mass is 10.1. The molecule has 0 radical (unpaired) electrons. The Morgan fingerprint density at radius 2 is 1.71 bits per heavy atom. The van der Waals surface area contributed by atoms with E-state index in [2.05, 4.69) is 10.4 Å². The standard InChI is InChI=1S/C27H26FN3O3/c1-3-33-23-11-13-24(14-12-23)34-18-20-7-6-9-21(16-20)27(32)29-26-15-19(2)31(30-26)17-22-8-4-5-10-25(22)28/h4-16H,3,17-18H2,1-2H3,(H,29,30,32). The highest BCUT2D eigenvalue weighted by molar-refractivity contribution is 6.03. The van der Waals surface area contributed by atoms with Crippen LogP contribution in [0.2, 0.25) is 0 Å². The second-order valence-corrected chi connectivity index (χ2v) is 7.77. The molecule has 1 N–H and O–H groups in total. The number of carbonyl (C=O) groups is 1. The van der Waals surface area contributed by atoms with E-state index in [0.717, 1.165) is 17.0 Å². The van der Waals surface area contributed by atoms with Crippen LogP contribution in [0.4, 0.5) is 10.2 Å². The number of halogens is 1. The first kappa shape index (κ1) is 23.0. The van der Waals surface area contributed by atoms with E-state index in [1.54, 1.807) is 41.1 Å². The van der Waals surface area contributed by atoms with E-state index < -0.39 is 0 Å². The predicted molar refractivity (Wildman–Crippen MR) is 129 cm³/mol. The quantitative estimate of drug-likeness (QED) is 0.353. The minimum atomic E-state index is -0.285. The molecule has 0 saturated heterocycles. The third-order valence-electron chi connectivity index (χ3n) is 5.23. The molecule has 174 valence electrons. The molecule has 0 aliphatic heterocycles. The fourth-order valence-corrected chi connectivity index (χ4v) is 3.48. The number of nitrogens with one attached hydrogen (secondary N) is 1. The lowest BCUT2D eigenvalue weighted by Crippen LogP contribution is -2.13. The summed E-state index contributed by atoms with van der Waals surface area (Å²) in [6.07, 6.45) is 0. The average molecular weight is 460 g/mol.